The molecule has 1 atom stereocenters. The van der Waals surface area contributed by atoms with Gasteiger partial charge in [-0.3, -0.25) is 0 Å². The van der Waals surface area contributed by atoms with Gasteiger partial charge in [-0.25, -0.2) is 10.0 Å². The van der Waals surface area contributed by atoms with E-state index in [-0.39, 0.29) is 0 Å². The fourth-order valence-corrected chi connectivity index (χ4v) is 2.75. The predicted octanol–water partition coefficient (Wildman–Crippen LogP) is 0.223. The summed E-state index contributed by atoms with van der Waals surface area (Å²) in [5.41, 5.74) is 0. The molecule has 4 nitrogen and oxygen atoms in total. The van der Waals surface area contributed by atoms with Crippen molar-refractivity contribution in [2.75, 3.05) is 52.9 Å². The van der Waals surface area contributed by atoms with E-state index in [0.29, 0.717) is 6.04 Å². The van der Waals surface area contributed by atoms with Gasteiger partial charge in [0.25, 0.3) is 0 Å². The first-order valence-electron chi connectivity index (χ1n) is 6.71. The molecule has 0 saturated carbocycles. The third-order valence-corrected chi connectivity index (χ3v) is 3.77. The van der Waals surface area contributed by atoms with E-state index in [1.54, 1.807) is 0 Å². The highest BCUT2D eigenvalue weighted by Crippen LogP contribution is 2.14. The van der Waals surface area contributed by atoms with Crippen molar-refractivity contribution in [1.29, 1.82) is 0 Å². The van der Waals surface area contributed by atoms with Crippen molar-refractivity contribution in [3.05, 3.63) is 0 Å². The van der Waals surface area contributed by atoms with Crippen LogP contribution in [0, 0.1) is 0 Å². The maximum absolute atomic E-state index is 3.58. The van der Waals surface area contributed by atoms with Gasteiger partial charge in [-0.15, -0.1) is 0 Å². The Morgan fingerprint density at radius 2 is 1.81 bits per heavy atom. The van der Waals surface area contributed by atoms with Crippen LogP contribution in [0.15, 0.2) is 0 Å². The Hall–Kier alpha value is -0.160. The predicted molar refractivity (Wildman–Crippen MR) is 67.3 cm³/mol. The van der Waals surface area contributed by atoms with E-state index in [2.05, 4.69) is 34.2 Å². The highest BCUT2D eigenvalue weighted by Gasteiger charge is 2.25. The first-order chi connectivity index (χ1) is 7.79. The molecule has 0 radical (unpaired) electrons. The number of nitrogens with zero attached hydrogens (tertiary/aromatic N) is 3. The van der Waals surface area contributed by atoms with Gasteiger partial charge in [-0.1, -0.05) is 6.92 Å². The van der Waals surface area contributed by atoms with Crippen molar-refractivity contribution in [1.82, 2.24) is 20.2 Å². The molecule has 2 aliphatic heterocycles. The van der Waals surface area contributed by atoms with Crippen LogP contribution in [0.25, 0.3) is 0 Å². The number of hydrogen-bond donors (Lipinski definition) is 1. The normalized spacial score (nSPS) is 30.8. The zero-order valence-corrected chi connectivity index (χ0v) is 10.8. The Bertz CT molecular complexity index is 199. The summed E-state index contributed by atoms with van der Waals surface area (Å²) in [6.45, 7) is 10.6. The number of piperidine rings is 1. The van der Waals surface area contributed by atoms with Gasteiger partial charge < -0.3 is 10.2 Å². The van der Waals surface area contributed by atoms with Gasteiger partial charge in [0, 0.05) is 45.3 Å². The van der Waals surface area contributed by atoms with Crippen LogP contribution < -0.4 is 5.32 Å². The Balaban J connectivity index is 1.80. The minimum Gasteiger partial charge on any atom is -0.313 e. The molecule has 2 fully saturated rings. The maximum atomic E-state index is 3.58. The lowest BCUT2D eigenvalue weighted by Crippen LogP contribution is -2.57. The summed E-state index contributed by atoms with van der Waals surface area (Å²) >= 11 is 0. The molecule has 0 aromatic rings. The van der Waals surface area contributed by atoms with Crippen LogP contribution >= 0.6 is 0 Å². The van der Waals surface area contributed by atoms with E-state index in [9.17, 15) is 0 Å². The van der Waals surface area contributed by atoms with Gasteiger partial charge >= 0.3 is 0 Å². The summed E-state index contributed by atoms with van der Waals surface area (Å²) in [4.78, 5) is 2.42. The summed E-state index contributed by atoms with van der Waals surface area (Å²) in [5.74, 6) is 0. The van der Waals surface area contributed by atoms with Crippen LogP contribution in [0.3, 0.4) is 0 Å². The van der Waals surface area contributed by atoms with E-state index in [1.165, 1.54) is 52.1 Å². The van der Waals surface area contributed by atoms with Crippen LogP contribution in [-0.2, 0) is 0 Å². The average molecular weight is 226 g/mol. The van der Waals surface area contributed by atoms with Gasteiger partial charge in [-0.2, -0.15) is 0 Å². The molecule has 4 heteroatoms. The number of likely N-dealkylation sites (N-methyl/N-ethyl adjacent to an activating group) is 2. The third kappa shape index (κ3) is 3.17. The molecule has 0 spiro atoms. The molecule has 0 aromatic heterocycles. The molecule has 0 aromatic carbocycles. The average Bonchev–Trinajstić information content (AvgIpc) is 2.31. The second-order valence-electron chi connectivity index (χ2n) is 5.07. The summed E-state index contributed by atoms with van der Waals surface area (Å²) in [7, 11) is 2.22. The summed E-state index contributed by atoms with van der Waals surface area (Å²) in [5, 5.41) is 8.72. The number of rotatable bonds is 3. The van der Waals surface area contributed by atoms with Gasteiger partial charge in [0.2, 0.25) is 0 Å². The standard InChI is InChI=1S/C12H26N4/c1-3-13-12-5-4-6-16(11-12)15-9-7-14(2)8-10-15/h12-13H,3-11H2,1-2H3. The monoisotopic (exact) mass is 226 g/mol. The Morgan fingerprint density at radius 3 is 2.50 bits per heavy atom. The van der Waals surface area contributed by atoms with E-state index in [4.69, 9.17) is 0 Å². The van der Waals surface area contributed by atoms with Crippen molar-refractivity contribution < 1.29 is 0 Å². The molecule has 94 valence electrons. The fraction of sp³-hybridized carbons (Fsp3) is 1.00. The Labute approximate surface area is 99.5 Å². The fourth-order valence-electron chi connectivity index (χ4n) is 2.75. The van der Waals surface area contributed by atoms with Crippen molar-refractivity contribution in [2.24, 2.45) is 0 Å². The SMILES string of the molecule is CCNC1CCCN(N2CCN(C)CC2)C1. The van der Waals surface area contributed by atoms with Gasteiger partial charge in [0.15, 0.2) is 0 Å². The van der Waals surface area contributed by atoms with Crippen LogP contribution in [0.2, 0.25) is 0 Å². The van der Waals surface area contributed by atoms with E-state index < -0.39 is 0 Å². The van der Waals surface area contributed by atoms with Gasteiger partial charge in [0.05, 0.1) is 0 Å². The van der Waals surface area contributed by atoms with Crippen LogP contribution in [0.5, 0.6) is 0 Å². The van der Waals surface area contributed by atoms with Crippen molar-refractivity contribution in [3.8, 4) is 0 Å². The number of piperazine rings is 1. The highest BCUT2D eigenvalue weighted by molar-refractivity contribution is 4.78. The summed E-state index contributed by atoms with van der Waals surface area (Å²) in [6.07, 6.45) is 2.68. The zero-order chi connectivity index (χ0) is 11.4. The summed E-state index contributed by atoms with van der Waals surface area (Å²) in [6, 6.07) is 0.707. The van der Waals surface area contributed by atoms with E-state index in [0.717, 1.165) is 6.54 Å². The third-order valence-electron chi connectivity index (χ3n) is 3.77. The zero-order valence-electron chi connectivity index (χ0n) is 10.8. The van der Waals surface area contributed by atoms with E-state index in [1.807, 2.05) is 0 Å². The van der Waals surface area contributed by atoms with Crippen LogP contribution in [0.4, 0.5) is 0 Å². The molecule has 2 rings (SSSR count). The summed E-state index contributed by atoms with van der Waals surface area (Å²) < 4.78 is 0. The Kier molecular flexibility index (Phi) is 4.58. The molecule has 2 heterocycles. The number of hydrogen-bond acceptors (Lipinski definition) is 4. The minimum atomic E-state index is 0.707. The molecular formula is C12H26N4. The molecule has 0 bridgehead atoms. The van der Waals surface area contributed by atoms with E-state index >= 15 is 0 Å². The highest BCUT2D eigenvalue weighted by atomic mass is 15.6. The van der Waals surface area contributed by atoms with Gasteiger partial charge in [0.1, 0.15) is 0 Å². The second-order valence-corrected chi connectivity index (χ2v) is 5.07. The largest absolute Gasteiger partial charge is 0.313 e. The number of nitrogens with one attached hydrogen (secondary N) is 1. The lowest BCUT2D eigenvalue weighted by atomic mass is 10.1. The van der Waals surface area contributed by atoms with Gasteiger partial charge in [-0.05, 0) is 26.4 Å². The molecule has 0 aliphatic carbocycles. The quantitative estimate of drug-likeness (QED) is 0.743. The first kappa shape index (κ1) is 12.3. The second kappa shape index (κ2) is 5.96. The van der Waals surface area contributed by atoms with Crippen molar-refractivity contribution in [2.45, 2.75) is 25.8 Å². The molecular weight excluding hydrogens is 200 g/mol. The molecule has 16 heavy (non-hydrogen) atoms. The van der Waals surface area contributed by atoms with Crippen LogP contribution in [-0.4, -0.2) is 73.8 Å². The topological polar surface area (TPSA) is 21.8 Å². The molecule has 0 amide bonds. The minimum absolute atomic E-state index is 0.707. The lowest BCUT2D eigenvalue weighted by Gasteiger charge is -2.44. The van der Waals surface area contributed by atoms with Crippen molar-refractivity contribution >= 4 is 0 Å². The lowest BCUT2D eigenvalue weighted by molar-refractivity contribution is -0.0713. The number of hydrazine groups is 1. The van der Waals surface area contributed by atoms with Crippen molar-refractivity contribution in [3.63, 3.8) is 0 Å². The maximum Gasteiger partial charge on any atom is 0.0287 e. The smallest absolute Gasteiger partial charge is 0.0287 e. The van der Waals surface area contributed by atoms with Crippen LogP contribution in [0.1, 0.15) is 19.8 Å². The molecule has 1 unspecified atom stereocenters. The first-order valence-corrected chi connectivity index (χ1v) is 6.71. The Morgan fingerprint density at radius 1 is 1.06 bits per heavy atom. The molecule has 2 saturated heterocycles. The molecule has 1 N–H and O–H groups in total. The molecule has 2 aliphatic rings.